The number of ether oxygens (including phenoxy) is 2. The SMILES string of the molecule is COCCN1CCN(C(=O)[C@H](OC2CCCC2)c2ccccc2)C[C@H]1C. The standard InChI is InChI=1S/C21H32N2O3/c1-17-16-23(13-12-22(17)14-15-25-2)21(24)20(18-8-4-3-5-9-18)26-19-10-6-7-11-19/h3-5,8-9,17,19-20H,6-7,10-16H2,1-2H3/t17-,20-/m1/s1. The lowest BCUT2D eigenvalue weighted by Crippen LogP contribution is -2.55. The highest BCUT2D eigenvalue weighted by atomic mass is 16.5. The maximum absolute atomic E-state index is 13.3. The van der Waals surface area contributed by atoms with Gasteiger partial charge in [-0.2, -0.15) is 0 Å². The summed E-state index contributed by atoms with van der Waals surface area (Å²) in [5, 5.41) is 0. The highest BCUT2D eigenvalue weighted by Crippen LogP contribution is 2.29. The molecule has 1 aromatic rings. The average Bonchev–Trinajstić information content (AvgIpc) is 3.18. The van der Waals surface area contributed by atoms with E-state index >= 15 is 0 Å². The van der Waals surface area contributed by atoms with E-state index in [1.165, 1.54) is 12.8 Å². The van der Waals surface area contributed by atoms with Gasteiger partial charge in [-0.15, -0.1) is 0 Å². The summed E-state index contributed by atoms with van der Waals surface area (Å²) in [7, 11) is 1.73. The van der Waals surface area contributed by atoms with Gasteiger partial charge in [0.1, 0.15) is 0 Å². The van der Waals surface area contributed by atoms with Crippen molar-refractivity contribution >= 4 is 5.91 Å². The van der Waals surface area contributed by atoms with Gasteiger partial charge in [0, 0.05) is 39.3 Å². The summed E-state index contributed by atoms with van der Waals surface area (Å²) < 4.78 is 11.5. The van der Waals surface area contributed by atoms with Gasteiger partial charge in [0.2, 0.25) is 0 Å². The van der Waals surface area contributed by atoms with Gasteiger partial charge < -0.3 is 14.4 Å². The monoisotopic (exact) mass is 360 g/mol. The molecule has 26 heavy (non-hydrogen) atoms. The second kappa shape index (κ2) is 9.49. The van der Waals surface area contributed by atoms with Crippen molar-refractivity contribution in [3.8, 4) is 0 Å². The quantitative estimate of drug-likeness (QED) is 0.750. The Hall–Kier alpha value is -1.43. The third-order valence-electron chi connectivity index (χ3n) is 5.62. The first-order chi connectivity index (χ1) is 12.7. The van der Waals surface area contributed by atoms with Crippen LogP contribution in [-0.4, -0.2) is 67.7 Å². The van der Waals surface area contributed by atoms with Crippen LogP contribution >= 0.6 is 0 Å². The van der Waals surface area contributed by atoms with Crippen LogP contribution in [0.5, 0.6) is 0 Å². The van der Waals surface area contributed by atoms with E-state index in [4.69, 9.17) is 9.47 Å². The lowest BCUT2D eigenvalue weighted by molar-refractivity contribution is -0.151. The first-order valence-electron chi connectivity index (χ1n) is 9.91. The van der Waals surface area contributed by atoms with Crippen molar-refractivity contribution in [3.05, 3.63) is 35.9 Å². The zero-order chi connectivity index (χ0) is 18.4. The van der Waals surface area contributed by atoms with Gasteiger partial charge in [-0.25, -0.2) is 0 Å². The van der Waals surface area contributed by atoms with Gasteiger partial charge in [0.25, 0.3) is 5.91 Å². The number of nitrogens with zero attached hydrogens (tertiary/aromatic N) is 2. The molecule has 1 amide bonds. The number of carbonyl (C=O) groups excluding carboxylic acids is 1. The molecular weight excluding hydrogens is 328 g/mol. The molecular formula is C21H32N2O3. The molecule has 5 nitrogen and oxygen atoms in total. The van der Waals surface area contributed by atoms with E-state index in [0.717, 1.165) is 51.2 Å². The summed E-state index contributed by atoms with van der Waals surface area (Å²) in [6, 6.07) is 10.3. The minimum Gasteiger partial charge on any atom is -0.383 e. The number of methoxy groups -OCH3 is 1. The van der Waals surface area contributed by atoms with E-state index in [1.807, 2.05) is 35.2 Å². The number of carbonyl (C=O) groups is 1. The van der Waals surface area contributed by atoms with Crippen molar-refractivity contribution in [1.29, 1.82) is 0 Å². The van der Waals surface area contributed by atoms with Gasteiger partial charge in [0.15, 0.2) is 6.10 Å². The molecule has 0 spiro atoms. The first-order valence-corrected chi connectivity index (χ1v) is 9.91. The molecule has 1 aliphatic heterocycles. The molecule has 1 saturated heterocycles. The molecule has 2 atom stereocenters. The van der Waals surface area contributed by atoms with Crippen molar-refractivity contribution in [2.45, 2.75) is 50.9 Å². The largest absolute Gasteiger partial charge is 0.383 e. The van der Waals surface area contributed by atoms with E-state index in [-0.39, 0.29) is 12.0 Å². The van der Waals surface area contributed by atoms with E-state index < -0.39 is 6.10 Å². The summed E-state index contributed by atoms with van der Waals surface area (Å²) in [6.45, 7) is 6.23. The van der Waals surface area contributed by atoms with Crippen LogP contribution in [0.15, 0.2) is 30.3 Å². The van der Waals surface area contributed by atoms with Crippen LogP contribution in [0, 0.1) is 0 Å². The number of rotatable bonds is 7. The predicted molar refractivity (Wildman–Crippen MR) is 102 cm³/mol. The van der Waals surface area contributed by atoms with Crippen molar-refractivity contribution in [2.75, 3.05) is 39.9 Å². The Morgan fingerprint density at radius 2 is 1.92 bits per heavy atom. The van der Waals surface area contributed by atoms with Crippen LogP contribution in [0.4, 0.5) is 0 Å². The van der Waals surface area contributed by atoms with E-state index in [2.05, 4.69) is 11.8 Å². The molecule has 3 rings (SSSR count). The van der Waals surface area contributed by atoms with Gasteiger partial charge in [0.05, 0.1) is 12.7 Å². The van der Waals surface area contributed by atoms with Gasteiger partial charge in [-0.1, -0.05) is 43.2 Å². The average molecular weight is 360 g/mol. The second-order valence-electron chi connectivity index (χ2n) is 7.50. The third kappa shape index (κ3) is 4.84. The van der Waals surface area contributed by atoms with Crippen molar-refractivity contribution in [2.24, 2.45) is 0 Å². The molecule has 0 radical (unpaired) electrons. The summed E-state index contributed by atoms with van der Waals surface area (Å²) in [5.41, 5.74) is 0.971. The molecule has 1 heterocycles. The molecule has 5 heteroatoms. The zero-order valence-electron chi connectivity index (χ0n) is 16.1. The Balaban J connectivity index is 1.67. The number of amides is 1. The number of hydrogen-bond donors (Lipinski definition) is 0. The van der Waals surface area contributed by atoms with Crippen LogP contribution < -0.4 is 0 Å². The number of hydrogen-bond acceptors (Lipinski definition) is 4. The summed E-state index contributed by atoms with van der Waals surface area (Å²) in [4.78, 5) is 17.7. The third-order valence-corrected chi connectivity index (χ3v) is 5.62. The van der Waals surface area contributed by atoms with E-state index in [1.54, 1.807) is 7.11 Å². The second-order valence-corrected chi connectivity index (χ2v) is 7.50. The highest BCUT2D eigenvalue weighted by molar-refractivity contribution is 5.82. The van der Waals surface area contributed by atoms with E-state index in [0.29, 0.717) is 6.04 Å². The molecule has 2 aliphatic rings. The van der Waals surface area contributed by atoms with Gasteiger partial charge >= 0.3 is 0 Å². The molecule has 1 aromatic carbocycles. The van der Waals surface area contributed by atoms with Crippen LogP contribution in [0.25, 0.3) is 0 Å². The molecule has 0 aromatic heterocycles. The van der Waals surface area contributed by atoms with Crippen molar-refractivity contribution in [1.82, 2.24) is 9.80 Å². The maximum Gasteiger partial charge on any atom is 0.256 e. The van der Waals surface area contributed by atoms with Crippen molar-refractivity contribution < 1.29 is 14.3 Å². The topological polar surface area (TPSA) is 42.0 Å². The molecule has 0 unspecified atom stereocenters. The number of benzene rings is 1. The van der Waals surface area contributed by atoms with Crippen LogP contribution in [-0.2, 0) is 14.3 Å². The van der Waals surface area contributed by atoms with Gasteiger partial charge in [-0.05, 0) is 25.3 Å². The molecule has 0 bridgehead atoms. The Morgan fingerprint density at radius 1 is 1.19 bits per heavy atom. The maximum atomic E-state index is 13.3. The van der Waals surface area contributed by atoms with E-state index in [9.17, 15) is 4.79 Å². The Morgan fingerprint density at radius 3 is 2.58 bits per heavy atom. The first kappa shape index (κ1) is 19.3. The molecule has 144 valence electrons. The zero-order valence-corrected chi connectivity index (χ0v) is 16.1. The molecule has 1 aliphatic carbocycles. The fourth-order valence-electron chi connectivity index (χ4n) is 4.03. The fourth-order valence-corrected chi connectivity index (χ4v) is 4.03. The number of piperazine rings is 1. The molecule has 1 saturated carbocycles. The predicted octanol–water partition coefficient (Wildman–Crippen LogP) is 2.87. The minimum atomic E-state index is -0.475. The normalized spacial score (nSPS) is 23.3. The summed E-state index contributed by atoms with van der Waals surface area (Å²) in [5.74, 6) is 0.112. The highest BCUT2D eigenvalue weighted by Gasteiger charge is 2.34. The van der Waals surface area contributed by atoms with Crippen LogP contribution in [0.3, 0.4) is 0 Å². The van der Waals surface area contributed by atoms with Crippen LogP contribution in [0.1, 0.15) is 44.3 Å². The Labute approximate surface area is 157 Å². The lowest BCUT2D eigenvalue weighted by Gasteiger charge is -2.41. The van der Waals surface area contributed by atoms with Crippen molar-refractivity contribution in [3.63, 3.8) is 0 Å². The smallest absolute Gasteiger partial charge is 0.256 e. The Bertz CT molecular complexity index is 560. The summed E-state index contributed by atoms with van der Waals surface area (Å²) in [6.07, 6.45) is 4.28. The lowest BCUT2D eigenvalue weighted by atomic mass is 10.1. The Kier molecular flexibility index (Phi) is 7.06. The molecule has 0 N–H and O–H groups in total. The van der Waals surface area contributed by atoms with Crippen LogP contribution in [0.2, 0.25) is 0 Å². The fraction of sp³-hybridized carbons (Fsp3) is 0.667. The van der Waals surface area contributed by atoms with Gasteiger partial charge in [-0.3, -0.25) is 9.69 Å². The summed E-state index contributed by atoms with van der Waals surface area (Å²) >= 11 is 0. The minimum absolute atomic E-state index is 0.112. The molecule has 2 fully saturated rings.